The van der Waals surface area contributed by atoms with Crippen molar-refractivity contribution in [2.75, 3.05) is 0 Å². The van der Waals surface area contributed by atoms with Crippen LogP contribution in [0.3, 0.4) is 0 Å². The summed E-state index contributed by atoms with van der Waals surface area (Å²) in [4.78, 5) is 10.6. The van der Waals surface area contributed by atoms with E-state index in [1.807, 2.05) is 44.2 Å². The Labute approximate surface area is 130 Å². The largest absolute Gasteiger partial charge is 0.368 e. The van der Waals surface area contributed by atoms with E-state index in [0.717, 1.165) is 11.8 Å². The van der Waals surface area contributed by atoms with Crippen molar-refractivity contribution >= 4 is 6.29 Å². The second-order valence-electron chi connectivity index (χ2n) is 6.15. The molecule has 0 unspecified atom stereocenters. The fourth-order valence-electron chi connectivity index (χ4n) is 2.98. The molecule has 0 bridgehead atoms. The van der Waals surface area contributed by atoms with Crippen LogP contribution in [0.25, 0.3) is 0 Å². The number of fused-ring (bicyclic) bond motifs is 1. The first-order valence-electron chi connectivity index (χ1n) is 7.69. The van der Waals surface area contributed by atoms with Crippen LogP contribution in [0, 0.1) is 0 Å². The van der Waals surface area contributed by atoms with Crippen LogP contribution in [0.2, 0.25) is 0 Å². The van der Waals surface area contributed by atoms with Gasteiger partial charge in [0.05, 0.1) is 12.7 Å². The topological polar surface area (TPSA) is 54.0 Å². The molecule has 1 aromatic rings. The number of carbonyl (C=O) groups excluding carboxylic acids is 1. The Morgan fingerprint density at radius 3 is 2.73 bits per heavy atom. The van der Waals surface area contributed by atoms with Crippen molar-refractivity contribution < 1.29 is 23.7 Å². The summed E-state index contributed by atoms with van der Waals surface area (Å²) in [6, 6.07) is 9.97. The van der Waals surface area contributed by atoms with Crippen molar-refractivity contribution in [3.63, 3.8) is 0 Å². The van der Waals surface area contributed by atoms with Gasteiger partial charge in [-0.05, 0) is 25.8 Å². The lowest BCUT2D eigenvalue weighted by molar-refractivity contribution is -0.219. The van der Waals surface area contributed by atoms with Gasteiger partial charge >= 0.3 is 0 Å². The molecule has 2 aliphatic rings. The molecule has 0 radical (unpaired) electrons. The lowest BCUT2D eigenvalue weighted by Crippen LogP contribution is -2.36. The molecule has 2 heterocycles. The average Bonchev–Trinajstić information content (AvgIpc) is 2.95. The summed E-state index contributed by atoms with van der Waals surface area (Å²) in [5, 5.41) is 0. The standard InChI is InChI=1S/C17H22O5/c1-17(2)21-15-14(19-11-12-7-4-3-5-8-12)13(9-6-10-18)20-16(15)22-17/h3-5,7-8,10,13-16H,6,9,11H2,1-2H3/t13-,14+,15-,16-/m1/s1. The molecular formula is C17H22O5. The molecular weight excluding hydrogens is 284 g/mol. The molecule has 22 heavy (non-hydrogen) atoms. The van der Waals surface area contributed by atoms with E-state index in [9.17, 15) is 4.79 Å². The predicted molar refractivity (Wildman–Crippen MR) is 79.0 cm³/mol. The van der Waals surface area contributed by atoms with Gasteiger partial charge in [0.15, 0.2) is 12.1 Å². The quantitative estimate of drug-likeness (QED) is 0.756. The third kappa shape index (κ3) is 3.38. The Hall–Kier alpha value is -1.27. The fourth-order valence-corrected chi connectivity index (χ4v) is 2.98. The minimum Gasteiger partial charge on any atom is -0.368 e. The van der Waals surface area contributed by atoms with Gasteiger partial charge in [-0.15, -0.1) is 0 Å². The smallest absolute Gasteiger partial charge is 0.190 e. The maximum Gasteiger partial charge on any atom is 0.190 e. The number of ether oxygens (including phenoxy) is 4. The summed E-state index contributed by atoms with van der Waals surface area (Å²) in [7, 11) is 0. The van der Waals surface area contributed by atoms with E-state index in [-0.39, 0.29) is 18.3 Å². The van der Waals surface area contributed by atoms with Gasteiger partial charge in [0, 0.05) is 6.42 Å². The molecule has 0 N–H and O–H groups in total. The molecule has 0 amide bonds. The van der Waals surface area contributed by atoms with Crippen LogP contribution in [-0.4, -0.2) is 36.7 Å². The van der Waals surface area contributed by atoms with Crippen molar-refractivity contribution in [3.05, 3.63) is 35.9 Å². The Morgan fingerprint density at radius 1 is 1.23 bits per heavy atom. The Balaban J connectivity index is 1.67. The molecule has 0 aliphatic carbocycles. The number of rotatable bonds is 6. The van der Waals surface area contributed by atoms with Crippen LogP contribution < -0.4 is 0 Å². The fraction of sp³-hybridized carbons (Fsp3) is 0.588. The van der Waals surface area contributed by atoms with E-state index in [4.69, 9.17) is 18.9 Å². The SMILES string of the molecule is CC1(C)O[C@H]2O[C@H](CCC=O)[C@H](OCc3ccccc3)[C@H]2O1. The van der Waals surface area contributed by atoms with Gasteiger partial charge in [0.1, 0.15) is 18.5 Å². The minimum absolute atomic E-state index is 0.181. The van der Waals surface area contributed by atoms with Crippen LogP contribution in [-0.2, 0) is 30.3 Å². The highest BCUT2D eigenvalue weighted by atomic mass is 16.8. The van der Waals surface area contributed by atoms with Crippen LogP contribution in [0.4, 0.5) is 0 Å². The number of hydrogen-bond donors (Lipinski definition) is 0. The van der Waals surface area contributed by atoms with Crippen molar-refractivity contribution in [3.8, 4) is 0 Å². The van der Waals surface area contributed by atoms with Gasteiger partial charge in [-0.2, -0.15) is 0 Å². The molecule has 5 nitrogen and oxygen atoms in total. The number of benzene rings is 1. The van der Waals surface area contributed by atoms with Crippen molar-refractivity contribution in [1.82, 2.24) is 0 Å². The summed E-state index contributed by atoms with van der Waals surface area (Å²) in [6.45, 7) is 4.21. The Bertz CT molecular complexity index is 501. The average molecular weight is 306 g/mol. The van der Waals surface area contributed by atoms with Gasteiger partial charge in [-0.25, -0.2) is 0 Å². The van der Waals surface area contributed by atoms with Crippen LogP contribution in [0.1, 0.15) is 32.3 Å². The molecule has 2 aliphatic heterocycles. The van der Waals surface area contributed by atoms with E-state index >= 15 is 0 Å². The molecule has 0 aromatic heterocycles. The zero-order valence-electron chi connectivity index (χ0n) is 12.9. The van der Waals surface area contributed by atoms with Gasteiger partial charge in [0.25, 0.3) is 0 Å². The van der Waals surface area contributed by atoms with Gasteiger partial charge in [-0.1, -0.05) is 30.3 Å². The van der Waals surface area contributed by atoms with Crippen LogP contribution in [0.5, 0.6) is 0 Å². The van der Waals surface area contributed by atoms with E-state index in [2.05, 4.69) is 0 Å². The summed E-state index contributed by atoms with van der Waals surface area (Å²) < 4.78 is 23.6. The molecule has 1 aromatic carbocycles. The van der Waals surface area contributed by atoms with Crippen LogP contribution in [0.15, 0.2) is 30.3 Å². The molecule has 5 heteroatoms. The third-order valence-electron chi connectivity index (χ3n) is 3.94. The molecule has 0 saturated carbocycles. The molecule has 2 fully saturated rings. The maximum absolute atomic E-state index is 10.6. The molecule has 120 valence electrons. The second kappa shape index (κ2) is 6.46. The van der Waals surface area contributed by atoms with E-state index < -0.39 is 12.1 Å². The lowest BCUT2D eigenvalue weighted by Gasteiger charge is -2.25. The molecule has 0 spiro atoms. The first kappa shape index (κ1) is 15.6. The maximum atomic E-state index is 10.6. The van der Waals surface area contributed by atoms with Crippen molar-refractivity contribution in [1.29, 1.82) is 0 Å². The number of carbonyl (C=O) groups is 1. The Morgan fingerprint density at radius 2 is 2.00 bits per heavy atom. The normalized spacial score (nSPS) is 32.8. The highest BCUT2D eigenvalue weighted by Gasteiger charge is 2.55. The van der Waals surface area contributed by atoms with Gasteiger partial charge in [-0.3, -0.25) is 0 Å². The number of aldehydes is 1. The van der Waals surface area contributed by atoms with Crippen LogP contribution >= 0.6 is 0 Å². The molecule has 2 saturated heterocycles. The lowest BCUT2D eigenvalue weighted by atomic mass is 10.1. The minimum atomic E-state index is -0.667. The molecule has 3 rings (SSSR count). The zero-order valence-corrected chi connectivity index (χ0v) is 12.9. The number of hydrogen-bond acceptors (Lipinski definition) is 5. The zero-order chi connectivity index (χ0) is 15.6. The second-order valence-corrected chi connectivity index (χ2v) is 6.15. The summed E-state index contributed by atoms with van der Waals surface area (Å²) >= 11 is 0. The molecule has 4 atom stereocenters. The third-order valence-corrected chi connectivity index (χ3v) is 3.94. The summed E-state index contributed by atoms with van der Waals surface area (Å²) in [5.41, 5.74) is 1.10. The van der Waals surface area contributed by atoms with E-state index in [1.54, 1.807) is 0 Å². The highest BCUT2D eigenvalue weighted by Crippen LogP contribution is 2.40. The van der Waals surface area contributed by atoms with Crippen molar-refractivity contribution in [2.24, 2.45) is 0 Å². The Kier molecular flexibility index (Phi) is 4.59. The summed E-state index contributed by atoms with van der Waals surface area (Å²) in [5.74, 6) is -0.667. The van der Waals surface area contributed by atoms with Gasteiger partial charge in [0.2, 0.25) is 0 Å². The first-order chi connectivity index (χ1) is 10.6. The van der Waals surface area contributed by atoms with E-state index in [1.165, 1.54) is 0 Å². The summed E-state index contributed by atoms with van der Waals surface area (Å²) in [6.07, 6.45) is 0.869. The monoisotopic (exact) mass is 306 g/mol. The first-order valence-corrected chi connectivity index (χ1v) is 7.69. The van der Waals surface area contributed by atoms with Crippen molar-refractivity contribution in [2.45, 2.75) is 63.7 Å². The van der Waals surface area contributed by atoms with E-state index in [0.29, 0.717) is 19.4 Å². The van der Waals surface area contributed by atoms with Gasteiger partial charge < -0.3 is 23.7 Å². The highest BCUT2D eigenvalue weighted by molar-refractivity contribution is 5.49. The predicted octanol–water partition coefficient (Wildman–Crippen LogP) is 2.43.